The Bertz CT molecular complexity index is 612. The van der Waals surface area contributed by atoms with Gasteiger partial charge in [-0.15, -0.1) is 0 Å². The fraction of sp³-hybridized carbons (Fsp3) is 0.385. The van der Waals surface area contributed by atoms with E-state index in [1.165, 1.54) is 12.8 Å². The van der Waals surface area contributed by atoms with Gasteiger partial charge in [-0.3, -0.25) is 0 Å². The van der Waals surface area contributed by atoms with Crippen LogP contribution in [-0.2, 0) is 0 Å². The Balaban J connectivity index is 2.14. The van der Waals surface area contributed by atoms with E-state index in [1.807, 2.05) is 4.57 Å². The molecule has 1 fully saturated rings. The summed E-state index contributed by atoms with van der Waals surface area (Å²) in [6, 6.07) is 5.41. The maximum atomic E-state index is 10.9. The van der Waals surface area contributed by atoms with Crippen molar-refractivity contribution in [2.24, 2.45) is 0 Å². The van der Waals surface area contributed by atoms with E-state index >= 15 is 0 Å². The molecule has 0 amide bonds. The summed E-state index contributed by atoms with van der Waals surface area (Å²) < 4.78 is 2.05. The smallest absolute Gasteiger partial charge is 0.335 e. The highest BCUT2D eigenvalue weighted by Gasteiger charge is 2.21. The highest BCUT2D eigenvalue weighted by Crippen LogP contribution is 2.34. The summed E-state index contributed by atoms with van der Waals surface area (Å²) in [4.78, 5) is 15.2. The summed E-state index contributed by atoms with van der Waals surface area (Å²) in [5.74, 6) is -0.453. The van der Waals surface area contributed by atoms with Gasteiger partial charge in [-0.25, -0.2) is 9.78 Å². The molecule has 94 valence electrons. The van der Waals surface area contributed by atoms with E-state index in [-0.39, 0.29) is 5.56 Å². The molecule has 3 N–H and O–H groups in total. The van der Waals surface area contributed by atoms with E-state index in [0.29, 0.717) is 17.5 Å². The highest BCUT2D eigenvalue weighted by molar-refractivity contribution is 5.93. The van der Waals surface area contributed by atoms with E-state index < -0.39 is 5.97 Å². The second kappa shape index (κ2) is 4.01. The lowest BCUT2D eigenvalue weighted by molar-refractivity contribution is 0.0697. The molecule has 5 nitrogen and oxygen atoms in total. The van der Waals surface area contributed by atoms with Gasteiger partial charge in [0, 0.05) is 6.04 Å². The minimum atomic E-state index is -0.939. The molecule has 0 atom stereocenters. The molecule has 0 radical (unpaired) electrons. The van der Waals surface area contributed by atoms with Crippen molar-refractivity contribution in [2.75, 3.05) is 5.73 Å². The predicted molar refractivity (Wildman–Crippen MR) is 68.6 cm³/mol. The largest absolute Gasteiger partial charge is 0.478 e. The van der Waals surface area contributed by atoms with Crippen molar-refractivity contribution in [3.8, 4) is 0 Å². The van der Waals surface area contributed by atoms with Gasteiger partial charge in [0.2, 0.25) is 5.95 Å². The number of hydrogen-bond acceptors (Lipinski definition) is 3. The van der Waals surface area contributed by atoms with Crippen LogP contribution in [0.4, 0.5) is 5.95 Å². The summed E-state index contributed by atoms with van der Waals surface area (Å²) in [6.07, 6.45) is 4.68. The van der Waals surface area contributed by atoms with Crippen LogP contribution in [-0.4, -0.2) is 20.6 Å². The second-order valence-corrected chi connectivity index (χ2v) is 4.79. The van der Waals surface area contributed by atoms with Crippen LogP contribution in [0, 0.1) is 0 Å². The molecule has 2 aromatic rings. The topological polar surface area (TPSA) is 81.1 Å². The lowest BCUT2D eigenvalue weighted by atomic mass is 10.2. The molecular formula is C13H15N3O2. The number of aromatic carboxylic acids is 1. The normalized spacial score (nSPS) is 16.4. The molecule has 1 aliphatic rings. The summed E-state index contributed by atoms with van der Waals surface area (Å²) in [5.41, 5.74) is 7.81. The number of nitrogens with two attached hydrogens (primary N) is 1. The first-order valence-corrected chi connectivity index (χ1v) is 6.17. The van der Waals surface area contributed by atoms with Gasteiger partial charge in [0.15, 0.2) is 0 Å². The second-order valence-electron chi connectivity index (χ2n) is 4.79. The molecule has 1 aromatic carbocycles. The number of rotatable bonds is 2. The first kappa shape index (κ1) is 11.1. The number of benzene rings is 1. The van der Waals surface area contributed by atoms with Crippen LogP contribution < -0.4 is 5.73 Å². The Labute approximate surface area is 104 Å². The summed E-state index contributed by atoms with van der Waals surface area (Å²) >= 11 is 0. The van der Waals surface area contributed by atoms with Gasteiger partial charge in [-0.1, -0.05) is 12.8 Å². The Morgan fingerprint density at radius 2 is 2.11 bits per heavy atom. The SMILES string of the molecule is Nc1nc2cc(C(=O)O)ccc2n1C1CCCC1. The van der Waals surface area contributed by atoms with Crippen LogP contribution in [0.3, 0.4) is 0 Å². The zero-order valence-corrected chi connectivity index (χ0v) is 9.97. The molecule has 0 spiro atoms. The molecule has 0 unspecified atom stereocenters. The van der Waals surface area contributed by atoms with Crippen molar-refractivity contribution in [3.63, 3.8) is 0 Å². The molecule has 3 rings (SSSR count). The van der Waals surface area contributed by atoms with E-state index in [9.17, 15) is 4.79 Å². The number of carboxylic acids is 1. The lowest BCUT2D eigenvalue weighted by Gasteiger charge is -2.13. The first-order chi connectivity index (χ1) is 8.66. The number of fused-ring (bicyclic) bond motifs is 1. The standard InChI is InChI=1S/C13H15N3O2/c14-13-15-10-7-8(12(17)18)5-6-11(10)16(13)9-3-1-2-4-9/h5-7,9H,1-4H2,(H2,14,15)(H,17,18). The Hall–Kier alpha value is -2.04. The van der Waals surface area contributed by atoms with Crippen molar-refractivity contribution in [1.29, 1.82) is 0 Å². The van der Waals surface area contributed by atoms with Crippen molar-refractivity contribution >= 4 is 23.0 Å². The number of carboxylic acid groups (broad SMARTS) is 1. The molecule has 0 aliphatic heterocycles. The van der Waals surface area contributed by atoms with E-state index in [4.69, 9.17) is 10.8 Å². The molecule has 1 aliphatic carbocycles. The zero-order chi connectivity index (χ0) is 12.7. The van der Waals surface area contributed by atoms with Crippen LogP contribution >= 0.6 is 0 Å². The van der Waals surface area contributed by atoms with Crippen molar-refractivity contribution in [2.45, 2.75) is 31.7 Å². The van der Waals surface area contributed by atoms with E-state index in [0.717, 1.165) is 18.4 Å². The van der Waals surface area contributed by atoms with Gasteiger partial charge in [-0.2, -0.15) is 0 Å². The van der Waals surface area contributed by atoms with E-state index in [2.05, 4.69) is 4.98 Å². The number of nitrogen functional groups attached to an aromatic ring is 1. The lowest BCUT2D eigenvalue weighted by Crippen LogP contribution is -2.08. The number of nitrogens with zero attached hydrogens (tertiary/aromatic N) is 2. The number of imidazole rings is 1. The molecule has 1 saturated carbocycles. The van der Waals surface area contributed by atoms with Crippen LogP contribution in [0.5, 0.6) is 0 Å². The molecule has 1 heterocycles. The van der Waals surface area contributed by atoms with Gasteiger partial charge in [0.25, 0.3) is 0 Å². The number of carbonyl (C=O) groups is 1. The Morgan fingerprint density at radius 1 is 1.39 bits per heavy atom. The molecule has 1 aromatic heterocycles. The summed E-state index contributed by atoms with van der Waals surface area (Å²) in [6.45, 7) is 0. The monoisotopic (exact) mass is 245 g/mol. The van der Waals surface area contributed by atoms with Crippen molar-refractivity contribution in [3.05, 3.63) is 23.8 Å². The van der Waals surface area contributed by atoms with Gasteiger partial charge < -0.3 is 15.4 Å². The van der Waals surface area contributed by atoms with Gasteiger partial charge in [0.1, 0.15) is 0 Å². The Morgan fingerprint density at radius 3 is 2.78 bits per heavy atom. The molecule has 0 saturated heterocycles. The Kier molecular flexibility index (Phi) is 2.47. The minimum absolute atomic E-state index is 0.249. The average molecular weight is 245 g/mol. The zero-order valence-electron chi connectivity index (χ0n) is 9.97. The third kappa shape index (κ3) is 1.63. The van der Waals surface area contributed by atoms with Crippen molar-refractivity contribution < 1.29 is 9.90 Å². The fourth-order valence-corrected chi connectivity index (χ4v) is 2.80. The van der Waals surface area contributed by atoms with Crippen molar-refractivity contribution in [1.82, 2.24) is 9.55 Å². The highest BCUT2D eigenvalue weighted by atomic mass is 16.4. The fourth-order valence-electron chi connectivity index (χ4n) is 2.80. The maximum Gasteiger partial charge on any atom is 0.335 e. The van der Waals surface area contributed by atoms with Crippen LogP contribution in [0.15, 0.2) is 18.2 Å². The van der Waals surface area contributed by atoms with Crippen LogP contribution in [0.2, 0.25) is 0 Å². The van der Waals surface area contributed by atoms with Gasteiger partial charge >= 0.3 is 5.97 Å². The summed E-state index contributed by atoms with van der Waals surface area (Å²) in [7, 11) is 0. The number of aromatic nitrogens is 2. The number of hydrogen-bond donors (Lipinski definition) is 2. The number of anilines is 1. The maximum absolute atomic E-state index is 10.9. The average Bonchev–Trinajstić information content (AvgIpc) is 2.93. The van der Waals surface area contributed by atoms with Gasteiger partial charge in [-0.05, 0) is 31.0 Å². The predicted octanol–water partition coefficient (Wildman–Crippen LogP) is 2.43. The third-order valence-corrected chi connectivity index (χ3v) is 3.65. The minimum Gasteiger partial charge on any atom is -0.478 e. The third-order valence-electron chi connectivity index (χ3n) is 3.65. The first-order valence-electron chi connectivity index (χ1n) is 6.17. The molecule has 18 heavy (non-hydrogen) atoms. The molecular weight excluding hydrogens is 230 g/mol. The van der Waals surface area contributed by atoms with Crippen LogP contribution in [0.1, 0.15) is 42.1 Å². The van der Waals surface area contributed by atoms with Gasteiger partial charge in [0.05, 0.1) is 16.6 Å². The summed E-state index contributed by atoms with van der Waals surface area (Å²) in [5, 5.41) is 8.97. The quantitative estimate of drug-likeness (QED) is 0.851. The van der Waals surface area contributed by atoms with E-state index in [1.54, 1.807) is 18.2 Å². The molecule has 5 heteroatoms. The molecule has 0 bridgehead atoms. The van der Waals surface area contributed by atoms with Crippen LogP contribution in [0.25, 0.3) is 11.0 Å².